The van der Waals surface area contributed by atoms with Gasteiger partial charge < -0.3 is 18.5 Å². The van der Waals surface area contributed by atoms with Crippen LogP contribution in [0.1, 0.15) is 39.0 Å². The Balaban J connectivity index is 1.80. The lowest BCUT2D eigenvalue weighted by Gasteiger charge is -2.32. The molecule has 0 spiro atoms. The number of rotatable bonds is 4. The fraction of sp³-hybridized carbons (Fsp3) is 0.444. The van der Waals surface area contributed by atoms with E-state index in [-0.39, 0.29) is 0 Å². The molecule has 1 aromatic carbocycles. The average molecular weight is 383 g/mol. The summed E-state index contributed by atoms with van der Waals surface area (Å²) >= 11 is 12.6. The van der Waals surface area contributed by atoms with Gasteiger partial charge in [-0.2, -0.15) is 0 Å². The first-order valence-electron chi connectivity index (χ1n) is 8.09. The normalized spacial score (nSPS) is 18.6. The van der Waals surface area contributed by atoms with Crippen LogP contribution in [0.15, 0.2) is 28.7 Å². The van der Waals surface area contributed by atoms with Crippen molar-refractivity contribution in [3.05, 3.63) is 45.6 Å². The van der Waals surface area contributed by atoms with E-state index in [4.69, 9.17) is 41.7 Å². The van der Waals surface area contributed by atoms with Gasteiger partial charge in [0.25, 0.3) is 0 Å². The molecule has 0 saturated carbocycles. The monoisotopic (exact) mass is 382 g/mol. The Morgan fingerprint density at radius 1 is 1.00 bits per heavy atom. The number of hydrogen-bond acceptors (Lipinski definition) is 4. The van der Waals surface area contributed by atoms with Crippen molar-refractivity contribution in [2.45, 2.75) is 45.3 Å². The summed E-state index contributed by atoms with van der Waals surface area (Å²) in [7, 11) is 1.05. The van der Waals surface area contributed by atoms with Crippen molar-refractivity contribution in [2.24, 2.45) is 0 Å². The number of hydrogen-bond donors (Lipinski definition) is 0. The average Bonchev–Trinajstić information content (AvgIpc) is 3.05. The third-order valence-corrected chi connectivity index (χ3v) is 5.54. The molecule has 1 saturated heterocycles. The van der Waals surface area contributed by atoms with Gasteiger partial charge in [-0.1, -0.05) is 23.2 Å². The Morgan fingerprint density at radius 2 is 1.56 bits per heavy atom. The molecule has 7 heteroatoms. The fourth-order valence-electron chi connectivity index (χ4n) is 2.62. The van der Waals surface area contributed by atoms with Gasteiger partial charge in [0.2, 0.25) is 0 Å². The standard InChI is InChI=1S/C18H21BCl2O4/c1-17(2)18(3,4)25-19(24-17)16-7-6-11(23-16)8-13-14(20)9-12(22-5)10-15(13)21/h6-7,9-10H,8H2,1-5H3. The molecule has 0 N–H and O–H groups in total. The molecule has 0 amide bonds. The van der Waals surface area contributed by atoms with Crippen molar-refractivity contribution in [3.8, 4) is 5.75 Å². The van der Waals surface area contributed by atoms with E-state index in [1.54, 1.807) is 19.2 Å². The minimum Gasteiger partial charge on any atom is -0.497 e. The van der Waals surface area contributed by atoms with Crippen LogP contribution in [-0.4, -0.2) is 25.4 Å². The molecule has 1 aliphatic rings. The molecule has 134 valence electrons. The number of furan rings is 1. The molecule has 4 nitrogen and oxygen atoms in total. The number of methoxy groups -OCH3 is 1. The van der Waals surface area contributed by atoms with Gasteiger partial charge in [-0.15, -0.1) is 0 Å². The number of ether oxygens (including phenoxy) is 1. The molecule has 1 aliphatic heterocycles. The zero-order valence-corrected chi connectivity index (χ0v) is 16.5. The van der Waals surface area contributed by atoms with Gasteiger partial charge in [-0.25, -0.2) is 0 Å². The molecular weight excluding hydrogens is 362 g/mol. The highest BCUT2D eigenvalue weighted by Crippen LogP contribution is 2.37. The summed E-state index contributed by atoms with van der Waals surface area (Å²) in [6.07, 6.45) is 0.473. The van der Waals surface area contributed by atoms with Gasteiger partial charge in [0.15, 0.2) is 0 Å². The molecular formula is C18H21BCl2O4. The van der Waals surface area contributed by atoms with E-state index >= 15 is 0 Å². The van der Waals surface area contributed by atoms with Crippen LogP contribution >= 0.6 is 23.2 Å². The Labute approximate surface area is 158 Å². The second-order valence-corrected chi connectivity index (χ2v) is 7.95. The minimum atomic E-state index is -0.527. The van der Waals surface area contributed by atoms with Gasteiger partial charge in [0.05, 0.1) is 18.3 Å². The summed E-state index contributed by atoms with van der Waals surface area (Å²) in [4.78, 5) is 0. The maximum absolute atomic E-state index is 6.32. The third-order valence-electron chi connectivity index (χ3n) is 4.87. The molecule has 3 rings (SSSR count). The summed E-state index contributed by atoms with van der Waals surface area (Å²) in [6.45, 7) is 8.03. The quantitative estimate of drug-likeness (QED) is 0.730. The first-order valence-corrected chi connectivity index (χ1v) is 8.85. The molecule has 0 aliphatic carbocycles. The maximum atomic E-state index is 6.32. The van der Waals surface area contributed by atoms with Crippen molar-refractivity contribution in [1.29, 1.82) is 0 Å². The lowest BCUT2D eigenvalue weighted by atomic mass is 9.86. The zero-order chi connectivity index (χ0) is 18.4. The van der Waals surface area contributed by atoms with Gasteiger partial charge in [-0.05, 0) is 57.5 Å². The van der Waals surface area contributed by atoms with Crippen molar-refractivity contribution in [3.63, 3.8) is 0 Å². The highest BCUT2D eigenvalue weighted by molar-refractivity contribution is 6.60. The van der Waals surface area contributed by atoms with E-state index in [9.17, 15) is 0 Å². The van der Waals surface area contributed by atoms with Crippen LogP contribution in [0, 0.1) is 0 Å². The molecule has 25 heavy (non-hydrogen) atoms. The molecule has 1 aromatic heterocycles. The predicted molar refractivity (Wildman–Crippen MR) is 100 cm³/mol. The molecule has 0 atom stereocenters. The highest BCUT2D eigenvalue weighted by Gasteiger charge is 2.53. The van der Waals surface area contributed by atoms with Gasteiger partial charge >= 0.3 is 7.12 Å². The SMILES string of the molecule is COc1cc(Cl)c(Cc2ccc(B3OC(C)(C)C(C)(C)O3)o2)c(Cl)c1. The summed E-state index contributed by atoms with van der Waals surface area (Å²) in [6, 6.07) is 7.22. The summed E-state index contributed by atoms with van der Waals surface area (Å²) in [5, 5.41) is 1.08. The van der Waals surface area contributed by atoms with Gasteiger partial charge in [0.1, 0.15) is 17.2 Å². The molecule has 0 radical (unpaired) electrons. The maximum Gasteiger partial charge on any atom is 0.532 e. The second-order valence-electron chi connectivity index (χ2n) is 7.14. The van der Waals surface area contributed by atoms with Crippen LogP contribution in [0.3, 0.4) is 0 Å². The third kappa shape index (κ3) is 3.56. The topological polar surface area (TPSA) is 40.8 Å². The summed E-state index contributed by atoms with van der Waals surface area (Å²) in [5.41, 5.74) is 0.605. The number of halogens is 2. The van der Waals surface area contributed by atoms with Crippen molar-refractivity contribution in [2.75, 3.05) is 7.11 Å². The molecule has 0 unspecified atom stereocenters. The van der Waals surface area contributed by atoms with Gasteiger partial charge in [-0.3, -0.25) is 0 Å². The zero-order valence-electron chi connectivity index (χ0n) is 15.0. The van der Waals surface area contributed by atoms with Crippen LogP contribution < -0.4 is 10.4 Å². The predicted octanol–water partition coefficient (Wildman–Crippen LogP) is 4.49. The minimum absolute atomic E-state index is 0.410. The lowest BCUT2D eigenvalue weighted by molar-refractivity contribution is 0.00578. The molecule has 2 heterocycles. The van der Waals surface area contributed by atoms with E-state index in [1.807, 2.05) is 39.8 Å². The van der Waals surface area contributed by atoms with Crippen LogP contribution in [-0.2, 0) is 15.7 Å². The Hall–Kier alpha value is -1.14. The van der Waals surface area contributed by atoms with Crippen LogP contribution in [0.2, 0.25) is 10.0 Å². The highest BCUT2D eigenvalue weighted by atomic mass is 35.5. The van der Waals surface area contributed by atoms with Crippen LogP contribution in [0.4, 0.5) is 0 Å². The van der Waals surface area contributed by atoms with E-state index in [0.717, 1.165) is 11.3 Å². The Bertz CT molecular complexity index is 746. The van der Waals surface area contributed by atoms with E-state index in [1.165, 1.54) is 0 Å². The molecule has 0 bridgehead atoms. The first-order chi connectivity index (χ1) is 11.6. The van der Waals surface area contributed by atoms with Crippen molar-refractivity contribution < 1.29 is 18.5 Å². The van der Waals surface area contributed by atoms with Crippen LogP contribution in [0.5, 0.6) is 5.75 Å². The lowest BCUT2D eigenvalue weighted by Crippen LogP contribution is -2.41. The fourth-order valence-corrected chi connectivity index (χ4v) is 3.22. The second kappa shape index (κ2) is 6.55. The largest absolute Gasteiger partial charge is 0.532 e. The van der Waals surface area contributed by atoms with Crippen molar-refractivity contribution in [1.82, 2.24) is 0 Å². The summed E-state index contributed by atoms with van der Waals surface area (Å²) < 4.78 is 23.1. The Kier molecular flexibility index (Phi) is 4.88. The van der Waals surface area contributed by atoms with Crippen LogP contribution in [0.25, 0.3) is 0 Å². The Morgan fingerprint density at radius 3 is 2.08 bits per heavy atom. The van der Waals surface area contributed by atoms with Crippen molar-refractivity contribution >= 4 is 36.0 Å². The van der Waals surface area contributed by atoms with E-state index < -0.39 is 18.3 Å². The molecule has 2 aromatic rings. The van der Waals surface area contributed by atoms with Gasteiger partial charge in [0, 0.05) is 16.5 Å². The number of benzene rings is 1. The molecule has 1 fully saturated rings. The first kappa shape index (κ1) is 18.6. The van der Waals surface area contributed by atoms with E-state index in [0.29, 0.717) is 27.9 Å². The summed E-state index contributed by atoms with van der Waals surface area (Å²) in [5.74, 6) is 1.36. The smallest absolute Gasteiger partial charge is 0.497 e. The van der Waals surface area contributed by atoms with E-state index in [2.05, 4.69) is 0 Å².